The molecule has 5 aliphatic rings. The van der Waals surface area contributed by atoms with E-state index >= 15 is 0 Å². The van der Waals surface area contributed by atoms with E-state index in [2.05, 4.69) is 173 Å². The molecule has 0 fully saturated rings. The summed E-state index contributed by atoms with van der Waals surface area (Å²) in [6.07, 6.45) is 29.4. The summed E-state index contributed by atoms with van der Waals surface area (Å²) in [5.41, 5.74) is 22.7. The number of benzene rings is 4. The number of hydrogen-bond acceptors (Lipinski definition) is 0. The highest BCUT2D eigenvalue weighted by molar-refractivity contribution is 5.97. The number of rotatable bonds is 6. The maximum absolute atomic E-state index is 2.64. The summed E-state index contributed by atoms with van der Waals surface area (Å²) in [6.45, 7) is 0. The van der Waals surface area contributed by atoms with Gasteiger partial charge in [0.25, 0.3) is 0 Å². The van der Waals surface area contributed by atoms with Crippen molar-refractivity contribution in [3.8, 4) is 5.69 Å². The summed E-state index contributed by atoms with van der Waals surface area (Å²) in [5, 5.41) is 1.36. The Bertz CT molecular complexity index is 2730. The van der Waals surface area contributed by atoms with E-state index in [-0.39, 0.29) is 0 Å². The average molecular weight is 723 g/mol. The quantitative estimate of drug-likeness (QED) is 0.162. The van der Waals surface area contributed by atoms with Crippen LogP contribution >= 0.6 is 0 Å². The highest BCUT2D eigenvalue weighted by Gasteiger charge is 2.32. The summed E-state index contributed by atoms with van der Waals surface area (Å²) in [5.74, 6) is 0.311. The van der Waals surface area contributed by atoms with Gasteiger partial charge in [0.2, 0.25) is 0 Å². The van der Waals surface area contributed by atoms with Crippen LogP contribution in [-0.2, 0) is 19.3 Å². The van der Waals surface area contributed by atoms with Crippen molar-refractivity contribution in [1.82, 2.24) is 9.13 Å². The van der Waals surface area contributed by atoms with Gasteiger partial charge in [0, 0.05) is 50.9 Å². The van der Waals surface area contributed by atoms with Crippen molar-refractivity contribution >= 4 is 39.9 Å². The van der Waals surface area contributed by atoms with E-state index in [9.17, 15) is 0 Å². The molecule has 0 bridgehead atoms. The smallest absolute Gasteiger partial charge is 0.0534 e. The molecular formula is C54H46N2. The van der Waals surface area contributed by atoms with Crippen LogP contribution in [0.1, 0.15) is 89.3 Å². The van der Waals surface area contributed by atoms with E-state index in [1.807, 2.05) is 0 Å². The van der Waals surface area contributed by atoms with Gasteiger partial charge in [-0.1, -0.05) is 127 Å². The first-order valence-corrected chi connectivity index (χ1v) is 20.8. The van der Waals surface area contributed by atoms with Gasteiger partial charge in [-0.25, -0.2) is 0 Å². The molecule has 0 spiro atoms. The number of nitrogens with zero attached hydrogens (tertiary/aromatic N) is 2. The Morgan fingerprint density at radius 2 is 1.34 bits per heavy atom. The van der Waals surface area contributed by atoms with Gasteiger partial charge in [-0.2, -0.15) is 0 Å². The van der Waals surface area contributed by atoms with Crippen molar-refractivity contribution in [2.75, 3.05) is 0 Å². The second kappa shape index (κ2) is 13.9. The van der Waals surface area contributed by atoms with Crippen LogP contribution in [-0.4, -0.2) is 9.13 Å². The van der Waals surface area contributed by atoms with Gasteiger partial charge in [0.1, 0.15) is 0 Å². The topological polar surface area (TPSA) is 9.86 Å². The summed E-state index contributed by atoms with van der Waals surface area (Å²) in [4.78, 5) is 0. The molecule has 0 aliphatic heterocycles. The van der Waals surface area contributed by atoms with Crippen molar-refractivity contribution in [1.29, 1.82) is 0 Å². The summed E-state index contributed by atoms with van der Waals surface area (Å²) in [6, 6.07) is 42.2. The minimum Gasteiger partial charge on any atom is -0.317 e. The first-order valence-electron chi connectivity index (χ1n) is 20.8. The molecule has 2 aromatic heterocycles. The monoisotopic (exact) mass is 722 g/mol. The van der Waals surface area contributed by atoms with Gasteiger partial charge in [-0.3, -0.25) is 0 Å². The van der Waals surface area contributed by atoms with E-state index in [1.54, 1.807) is 5.57 Å². The minimum absolute atomic E-state index is 0.311. The van der Waals surface area contributed by atoms with Crippen molar-refractivity contribution in [3.05, 3.63) is 213 Å². The highest BCUT2D eigenvalue weighted by atomic mass is 15.0. The van der Waals surface area contributed by atoms with Gasteiger partial charge >= 0.3 is 0 Å². The Morgan fingerprint density at radius 3 is 2.20 bits per heavy atom. The summed E-state index contributed by atoms with van der Waals surface area (Å²) >= 11 is 0. The predicted molar refractivity (Wildman–Crippen MR) is 236 cm³/mol. The molecule has 11 rings (SSSR count). The van der Waals surface area contributed by atoms with E-state index < -0.39 is 0 Å². The third kappa shape index (κ3) is 5.54. The zero-order chi connectivity index (χ0) is 37.0. The molecule has 1 unspecified atom stereocenters. The molecular weight excluding hydrogens is 677 g/mol. The molecule has 4 aromatic carbocycles. The van der Waals surface area contributed by atoms with Crippen molar-refractivity contribution < 1.29 is 0 Å². The molecule has 0 amide bonds. The highest BCUT2D eigenvalue weighted by Crippen LogP contribution is 2.48. The Hall–Kier alpha value is -6.12. The second-order valence-corrected chi connectivity index (χ2v) is 16.0. The first kappa shape index (κ1) is 33.2. The molecule has 0 saturated carbocycles. The van der Waals surface area contributed by atoms with Crippen LogP contribution in [0.4, 0.5) is 0 Å². The lowest BCUT2D eigenvalue weighted by molar-refractivity contribution is 0.795. The lowest BCUT2D eigenvalue weighted by atomic mass is 9.78. The molecule has 2 heterocycles. The van der Waals surface area contributed by atoms with E-state index in [4.69, 9.17) is 0 Å². The SMILES string of the molecule is C1=CC(C2=CCCc3c2c2c(n3-c3ccccc3)C=CCC2)=C(C2=Cc3c(n(C4=CC(c5ccccc5)=CC(c5ccccc5)C4)c4ccccc34)CC2)CC1. The van der Waals surface area contributed by atoms with Gasteiger partial charge in [-0.05, 0) is 139 Å². The van der Waals surface area contributed by atoms with E-state index in [0.717, 1.165) is 57.8 Å². The normalized spacial score (nSPS) is 18.8. The average Bonchev–Trinajstić information content (AvgIpc) is 3.80. The zero-order valence-electron chi connectivity index (χ0n) is 31.9. The molecule has 1 atom stereocenters. The fourth-order valence-electron chi connectivity index (χ4n) is 10.4. The Kier molecular flexibility index (Phi) is 8.23. The maximum atomic E-state index is 2.64. The predicted octanol–water partition coefficient (Wildman–Crippen LogP) is 13.5. The largest absolute Gasteiger partial charge is 0.317 e. The van der Waals surface area contributed by atoms with Crippen LogP contribution < -0.4 is 0 Å². The Labute approximate surface area is 330 Å². The van der Waals surface area contributed by atoms with Crippen molar-refractivity contribution in [2.24, 2.45) is 0 Å². The molecule has 0 radical (unpaired) electrons. The van der Waals surface area contributed by atoms with Crippen molar-refractivity contribution in [3.63, 3.8) is 0 Å². The number of fused-ring (bicyclic) bond motifs is 6. The van der Waals surface area contributed by atoms with E-state index in [1.165, 1.54) is 89.5 Å². The molecule has 2 heteroatoms. The lowest BCUT2D eigenvalue weighted by Crippen LogP contribution is -2.13. The van der Waals surface area contributed by atoms with E-state index in [0.29, 0.717) is 5.92 Å². The van der Waals surface area contributed by atoms with Crippen LogP contribution in [0.5, 0.6) is 0 Å². The van der Waals surface area contributed by atoms with Crippen LogP contribution in [0, 0.1) is 0 Å². The number of para-hydroxylation sites is 2. The summed E-state index contributed by atoms with van der Waals surface area (Å²) in [7, 11) is 0. The lowest BCUT2D eigenvalue weighted by Gasteiger charge is -2.28. The minimum atomic E-state index is 0.311. The van der Waals surface area contributed by atoms with Gasteiger partial charge in [-0.15, -0.1) is 0 Å². The third-order valence-corrected chi connectivity index (χ3v) is 12.8. The third-order valence-electron chi connectivity index (χ3n) is 12.8. The van der Waals surface area contributed by atoms with Crippen LogP contribution in [0.3, 0.4) is 0 Å². The maximum Gasteiger partial charge on any atom is 0.0534 e. The molecule has 0 saturated heterocycles. The standard InChI is InChI=1S/C54H46N2/c1-4-17-37(18-5-1)40-33-41(38-19-6-2-7-20-38)35-43(34-40)56-50-28-14-12-25-46(50)49-36-39(31-32-52(49)56)44-23-10-11-24-45(44)47-27-16-30-53-54(47)48-26-13-15-29-51(48)55(53)42-21-8-3-9-22-42/h1-9,11-12,14-15,17-22,24-25,27-29,33-34,36,41H,10,13,16,23,26,30-32,35H2. The van der Waals surface area contributed by atoms with Gasteiger partial charge in [0.15, 0.2) is 0 Å². The Morgan fingerprint density at radius 1 is 0.589 bits per heavy atom. The number of aromatic nitrogens is 2. The molecule has 56 heavy (non-hydrogen) atoms. The fraction of sp³-hybridized carbons (Fsp3) is 0.185. The summed E-state index contributed by atoms with van der Waals surface area (Å²) < 4.78 is 5.21. The fourth-order valence-corrected chi connectivity index (χ4v) is 10.4. The Balaban J connectivity index is 1.04. The molecule has 5 aliphatic carbocycles. The van der Waals surface area contributed by atoms with Crippen LogP contribution in [0.2, 0.25) is 0 Å². The molecule has 2 nitrogen and oxygen atoms in total. The molecule has 6 aromatic rings. The first-order chi connectivity index (χ1) is 27.8. The van der Waals surface area contributed by atoms with Gasteiger partial charge in [0.05, 0.1) is 5.52 Å². The van der Waals surface area contributed by atoms with Crippen LogP contribution in [0.15, 0.2) is 168 Å². The number of allylic oxidation sites excluding steroid dienone is 12. The molecule has 272 valence electrons. The van der Waals surface area contributed by atoms with Gasteiger partial charge < -0.3 is 9.13 Å². The number of hydrogen-bond donors (Lipinski definition) is 0. The van der Waals surface area contributed by atoms with Crippen LogP contribution in [0.25, 0.3) is 45.6 Å². The second-order valence-electron chi connectivity index (χ2n) is 16.0. The zero-order valence-corrected chi connectivity index (χ0v) is 31.9. The van der Waals surface area contributed by atoms with Crippen molar-refractivity contribution in [2.45, 2.75) is 63.7 Å². The molecule has 0 N–H and O–H groups in total.